The van der Waals surface area contributed by atoms with Crippen molar-refractivity contribution < 1.29 is 18.9 Å². The minimum atomic E-state index is -0.145. The Morgan fingerprint density at radius 3 is 2.14 bits per heavy atom. The maximum atomic E-state index is 5.80. The van der Waals surface area contributed by atoms with Gasteiger partial charge < -0.3 is 18.9 Å². The van der Waals surface area contributed by atoms with Crippen molar-refractivity contribution in [2.75, 3.05) is 27.4 Å². The molecule has 1 unspecified atom stereocenters. The van der Waals surface area contributed by atoms with Crippen molar-refractivity contribution in [2.24, 2.45) is 0 Å². The fourth-order valence-electron chi connectivity index (χ4n) is 2.05. The summed E-state index contributed by atoms with van der Waals surface area (Å²) in [5.41, 5.74) is 0.706. The Morgan fingerprint density at radius 2 is 1.64 bits per heavy atom. The van der Waals surface area contributed by atoms with Gasteiger partial charge in [-0.2, -0.15) is 0 Å². The van der Waals surface area contributed by atoms with Crippen molar-refractivity contribution in [3.05, 3.63) is 24.0 Å². The summed E-state index contributed by atoms with van der Waals surface area (Å²) >= 11 is 0. The minimum Gasteiger partial charge on any atom is -0.489 e. The van der Waals surface area contributed by atoms with Crippen LogP contribution >= 0.6 is 0 Å². The topological polar surface area (TPSA) is 49.8 Å². The molecule has 0 radical (unpaired) electrons. The second-order valence-electron chi connectivity index (χ2n) is 5.22. The van der Waals surface area contributed by atoms with Crippen molar-refractivity contribution in [1.82, 2.24) is 4.98 Å². The van der Waals surface area contributed by atoms with Crippen LogP contribution in [-0.2, 0) is 14.2 Å². The van der Waals surface area contributed by atoms with Gasteiger partial charge in [-0.25, -0.2) is 4.98 Å². The highest BCUT2D eigenvalue weighted by Gasteiger charge is 2.30. The Hall–Kier alpha value is -1.61. The summed E-state index contributed by atoms with van der Waals surface area (Å²) in [5, 5.41) is 0. The first-order chi connectivity index (χ1) is 13.7. The lowest BCUT2D eigenvalue weighted by molar-refractivity contribution is -0.0382. The Kier molecular flexibility index (Phi) is 20.6. The molecule has 1 heterocycles. The lowest BCUT2D eigenvalue weighted by Gasteiger charge is -2.33. The number of ether oxygens (including phenoxy) is 4. The third-order valence-electron chi connectivity index (χ3n) is 3.48. The normalized spacial score (nSPS) is 17.5. The highest BCUT2D eigenvalue weighted by atomic mass is 16.5. The van der Waals surface area contributed by atoms with E-state index < -0.39 is 0 Å². The van der Waals surface area contributed by atoms with E-state index in [0.29, 0.717) is 25.0 Å². The van der Waals surface area contributed by atoms with Gasteiger partial charge in [-0.3, -0.25) is 0 Å². The van der Waals surface area contributed by atoms with Crippen molar-refractivity contribution in [2.45, 2.75) is 79.6 Å². The van der Waals surface area contributed by atoms with E-state index in [9.17, 15) is 0 Å². The van der Waals surface area contributed by atoms with Gasteiger partial charge in [0, 0.05) is 27.1 Å². The summed E-state index contributed by atoms with van der Waals surface area (Å²) in [6.45, 7) is 15.0. The molecule has 1 aliphatic carbocycles. The van der Waals surface area contributed by atoms with Crippen LogP contribution in [0.5, 0.6) is 5.75 Å². The van der Waals surface area contributed by atoms with E-state index in [1.54, 1.807) is 20.4 Å². The van der Waals surface area contributed by atoms with Crippen LogP contribution in [0.25, 0.3) is 0 Å². The van der Waals surface area contributed by atoms with Gasteiger partial charge in [-0.05, 0) is 25.0 Å². The van der Waals surface area contributed by atoms with E-state index >= 15 is 0 Å². The Balaban J connectivity index is 0. The van der Waals surface area contributed by atoms with Gasteiger partial charge >= 0.3 is 0 Å². The summed E-state index contributed by atoms with van der Waals surface area (Å²) in [4.78, 5) is 4.29. The summed E-state index contributed by atoms with van der Waals surface area (Å²) in [6, 6.07) is 3.75. The molecular weight excluding hydrogens is 354 g/mol. The van der Waals surface area contributed by atoms with Gasteiger partial charge in [0.25, 0.3) is 0 Å². The van der Waals surface area contributed by atoms with Gasteiger partial charge in [-0.1, -0.05) is 47.5 Å². The standard InChI is InChI=1S/C17H23NO4.3C2H6/c1-13(21-9-8-19-2)4-5-14-6-7-15(12-18-14)22-17-10-16(11-17)20-3;3*1-2/h6-7,12-13,16-17H,8-11H2,1-3H3;3*1-2H3. The largest absolute Gasteiger partial charge is 0.489 e. The molecule has 0 bridgehead atoms. The average Bonchev–Trinajstić information content (AvgIpc) is 2.74. The lowest BCUT2D eigenvalue weighted by atomic mass is 9.92. The highest BCUT2D eigenvalue weighted by Crippen LogP contribution is 2.27. The summed E-state index contributed by atoms with van der Waals surface area (Å²) < 4.78 is 21.4. The minimum absolute atomic E-state index is 0.145. The fourth-order valence-corrected chi connectivity index (χ4v) is 2.05. The molecule has 1 aromatic rings. The molecule has 0 aliphatic heterocycles. The van der Waals surface area contributed by atoms with Crippen LogP contribution < -0.4 is 4.74 Å². The van der Waals surface area contributed by atoms with E-state index in [2.05, 4.69) is 16.8 Å². The zero-order valence-electron chi connectivity index (χ0n) is 19.4. The Bertz CT molecular complexity index is 502. The molecule has 0 amide bonds. The van der Waals surface area contributed by atoms with Crippen LogP contribution in [0.3, 0.4) is 0 Å². The molecule has 1 saturated carbocycles. The number of methoxy groups -OCH3 is 2. The molecule has 0 spiro atoms. The second-order valence-corrected chi connectivity index (χ2v) is 5.22. The van der Waals surface area contributed by atoms with E-state index in [-0.39, 0.29) is 12.2 Å². The van der Waals surface area contributed by atoms with E-state index in [1.165, 1.54) is 0 Å². The molecule has 0 N–H and O–H groups in total. The second kappa shape index (κ2) is 20.1. The van der Waals surface area contributed by atoms with Crippen molar-refractivity contribution in [1.29, 1.82) is 0 Å². The van der Waals surface area contributed by atoms with Crippen molar-refractivity contribution in [3.63, 3.8) is 0 Å². The summed E-state index contributed by atoms with van der Waals surface area (Å²) in [7, 11) is 3.38. The van der Waals surface area contributed by atoms with Gasteiger partial charge in [0.2, 0.25) is 0 Å². The van der Waals surface area contributed by atoms with Gasteiger partial charge in [0.05, 0.1) is 25.5 Å². The number of hydrogen-bond acceptors (Lipinski definition) is 5. The molecule has 28 heavy (non-hydrogen) atoms. The molecule has 162 valence electrons. The zero-order chi connectivity index (χ0) is 21.8. The van der Waals surface area contributed by atoms with E-state index in [1.807, 2.05) is 60.6 Å². The molecule has 1 aromatic heterocycles. The summed E-state index contributed by atoms with van der Waals surface area (Å²) in [6.07, 6.45) is 4.01. The third kappa shape index (κ3) is 12.7. The van der Waals surface area contributed by atoms with Crippen LogP contribution in [0.15, 0.2) is 18.3 Å². The molecule has 5 heteroatoms. The number of aromatic nitrogens is 1. The van der Waals surface area contributed by atoms with Crippen molar-refractivity contribution in [3.8, 4) is 17.6 Å². The predicted molar refractivity (Wildman–Crippen MR) is 117 cm³/mol. The zero-order valence-corrected chi connectivity index (χ0v) is 19.4. The third-order valence-corrected chi connectivity index (χ3v) is 3.48. The number of hydrogen-bond donors (Lipinski definition) is 0. The molecule has 5 nitrogen and oxygen atoms in total. The van der Waals surface area contributed by atoms with E-state index in [4.69, 9.17) is 18.9 Å². The van der Waals surface area contributed by atoms with E-state index in [0.717, 1.165) is 18.6 Å². The average molecular weight is 396 g/mol. The Labute approximate surface area is 173 Å². The van der Waals surface area contributed by atoms with Crippen LogP contribution in [0.2, 0.25) is 0 Å². The molecular formula is C23H41NO4. The first-order valence-corrected chi connectivity index (χ1v) is 10.5. The van der Waals surface area contributed by atoms with Gasteiger partial charge in [0.1, 0.15) is 23.7 Å². The highest BCUT2D eigenvalue weighted by molar-refractivity contribution is 5.32. The molecule has 1 atom stereocenters. The van der Waals surface area contributed by atoms with Crippen LogP contribution in [0, 0.1) is 11.8 Å². The number of rotatable bonds is 7. The monoisotopic (exact) mass is 395 g/mol. The molecule has 1 aliphatic rings. The Morgan fingerprint density at radius 1 is 1.00 bits per heavy atom. The number of pyridine rings is 1. The van der Waals surface area contributed by atoms with Crippen molar-refractivity contribution >= 4 is 0 Å². The maximum Gasteiger partial charge on any atom is 0.138 e. The lowest BCUT2D eigenvalue weighted by Crippen LogP contribution is -2.38. The molecule has 2 rings (SSSR count). The van der Waals surface area contributed by atoms with Gasteiger partial charge in [0.15, 0.2) is 0 Å². The van der Waals surface area contributed by atoms with Crippen LogP contribution in [-0.4, -0.2) is 50.7 Å². The van der Waals surface area contributed by atoms with Crippen LogP contribution in [0.4, 0.5) is 0 Å². The molecule has 0 aromatic carbocycles. The summed E-state index contributed by atoms with van der Waals surface area (Å²) in [5.74, 6) is 6.77. The van der Waals surface area contributed by atoms with Gasteiger partial charge in [-0.15, -0.1) is 0 Å². The first-order valence-electron chi connectivity index (χ1n) is 10.5. The maximum absolute atomic E-state index is 5.80. The molecule has 0 saturated heterocycles. The fraction of sp³-hybridized carbons (Fsp3) is 0.696. The predicted octanol–water partition coefficient (Wildman–Crippen LogP) is 5.12. The SMILES string of the molecule is CC.CC.CC.COCCOC(C)C#Cc1ccc(OC2CC(OC)C2)cn1. The quantitative estimate of drug-likeness (QED) is 0.474. The van der Waals surface area contributed by atoms with Crippen LogP contribution in [0.1, 0.15) is 67.0 Å². The first kappa shape index (κ1) is 28.6. The number of nitrogens with zero attached hydrogens (tertiary/aromatic N) is 1. The molecule has 1 fully saturated rings. The smallest absolute Gasteiger partial charge is 0.138 e.